The van der Waals surface area contributed by atoms with Crippen LogP contribution < -0.4 is 0 Å². The maximum absolute atomic E-state index is 10.8. The Bertz CT molecular complexity index is 589. The highest BCUT2D eigenvalue weighted by Crippen LogP contribution is 2.14. The van der Waals surface area contributed by atoms with Crippen LogP contribution in [0.4, 0.5) is 0 Å². The standard InChI is InChI=1S/C11H12N4O2/c1-6-7(2)14-15(8(6)3)10-5-12-4-9(13-10)11(16)17/h4-5H,1-3H3,(H,16,17). The molecule has 0 unspecified atom stereocenters. The molecule has 2 rings (SSSR count). The Hall–Kier alpha value is -2.24. The van der Waals surface area contributed by atoms with Crippen LogP contribution in [0.3, 0.4) is 0 Å². The van der Waals surface area contributed by atoms with Gasteiger partial charge < -0.3 is 5.11 Å². The van der Waals surface area contributed by atoms with Gasteiger partial charge in [0, 0.05) is 5.69 Å². The zero-order chi connectivity index (χ0) is 12.6. The number of hydrogen-bond acceptors (Lipinski definition) is 4. The van der Waals surface area contributed by atoms with Gasteiger partial charge in [-0.2, -0.15) is 5.10 Å². The second kappa shape index (κ2) is 3.97. The Morgan fingerprint density at radius 1 is 1.29 bits per heavy atom. The smallest absolute Gasteiger partial charge is 0.356 e. The number of carboxylic acids is 1. The van der Waals surface area contributed by atoms with Gasteiger partial charge in [-0.25, -0.2) is 14.5 Å². The first kappa shape index (κ1) is 11.3. The Morgan fingerprint density at radius 3 is 2.53 bits per heavy atom. The molecule has 0 spiro atoms. The summed E-state index contributed by atoms with van der Waals surface area (Å²) in [5, 5.41) is 13.2. The quantitative estimate of drug-likeness (QED) is 0.843. The van der Waals surface area contributed by atoms with Crippen molar-refractivity contribution in [1.29, 1.82) is 0 Å². The Morgan fingerprint density at radius 2 is 2.00 bits per heavy atom. The van der Waals surface area contributed by atoms with Gasteiger partial charge in [-0.05, 0) is 26.3 Å². The molecule has 6 heteroatoms. The van der Waals surface area contributed by atoms with Crippen LogP contribution in [0, 0.1) is 20.8 Å². The molecular weight excluding hydrogens is 220 g/mol. The normalized spacial score (nSPS) is 10.5. The molecule has 0 aliphatic carbocycles. The van der Waals surface area contributed by atoms with Crippen LogP contribution in [0.5, 0.6) is 0 Å². The van der Waals surface area contributed by atoms with Gasteiger partial charge in [0.25, 0.3) is 0 Å². The van der Waals surface area contributed by atoms with Crippen molar-refractivity contribution in [2.75, 3.05) is 0 Å². The largest absolute Gasteiger partial charge is 0.476 e. The first-order valence-electron chi connectivity index (χ1n) is 5.09. The number of hydrogen-bond donors (Lipinski definition) is 1. The Balaban J connectivity index is 2.56. The number of aryl methyl sites for hydroxylation is 1. The molecule has 17 heavy (non-hydrogen) atoms. The maximum atomic E-state index is 10.8. The van der Waals surface area contributed by atoms with E-state index in [2.05, 4.69) is 15.1 Å². The van der Waals surface area contributed by atoms with Crippen molar-refractivity contribution in [1.82, 2.24) is 19.7 Å². The van der Waals surface area contributed by atoms with E-state index in [4.69, 9.17) is 5.11 Å². The summed E-state index contributed by atoms with van der Waals surface area (Å²) in [4.78, 5) is 18.7. The average molecular weight is 232 g/mol. The van der Waals surface area contributed by atoms with Gasteiger partial charge in [0.05, 0.1) is 18.1 Å². The zero-order valence-corrected chi connectivity index (χ0v) is 9.80. The molecule has 0 aliphatic rings. The average Bonchev–Trinajstić information content (AvgIpc) is 2.57. The lowest BCUT2D eigenvalue weighted by Gasteiger charge is -2.03. The van der Waals surface area contributed by atoms with Crippen LogP contribution >= 0.6 is 0 Å². The van der Waals surface area contributed by atoms with E-state index >= 15 is 0 Å². The summed E-state index contributed by atoms with van der Waals surface area (Å²) in [6.45, 7) is 5.76. The number of rotatable bonds is 2. The van der Waals surface area contributed by atoms with Gasteiger partial charge in [0.15, 0.2) is 11.5 Å². The van der Waals surface area contributed by atoms with Crippen LogP contribution in [0.15, 0.2) is 12.4 Å². The molecule has 2 heterocycles. The molecule has 0 saturated heterocycles. The molecule has 88 valence electrons. The second-order valence-corrected chi connectivity index (χ2v) is 3.78. The molecule has 0 radical (unpaired) electrons. The minimum Gasteiger partial charge on any atom is -0.476 e. The molecule has 0 aliphatic heterocycles. The van der Waals surface area contributed by atoms with Crippen molar-refractivity contribution in [2.45, 2.75) is 20.8 Å². The Kier molecular flexibility index (Phi) is 2.63. The van der Waals surface area contributed by atoms with E-state index in [-0.39, 0.29) is 5.69 Å². The second-order valence-electron chi connectivity index (χ2n) is 3.78. The third-order valence-electron chi connectivity index (χ3n) is 2.71. The number of aromatic carboxylic acids is 1. The first-order valence-corrected chi connectivity index (χ1v) is 5.09. The molecule has 0 atom stereocenters. The van der Waals surface area contributed by atoms with E-state index in [1.807, 2.05) is 20.8 Å². The topological polar surface area (TPSA) is 80.9 Å². The molecule has 0 amide bonds. The van der Waals surface area contributed by atoms with Crippen molar-refractivity contribution >= 4 is 5.97 Å². The number of carbonyl (C=O) groups is 1. The summed E-state index contributed by atoms with van der Waals surface area (Å²) >= 11 is 0. The third kappa shape index (κ3) is 1.89. The predicted molar refractivity (Wildman–Crippen MR) is 60.3 cm³/mol. The van der Waals surface area contributed by atoms with Crippen molar-refractivity contribution in [3.8, 4) is 5.82 Å². The molecule has 0 fully saturated rings. The highest BCUT2D eigenvalue weighted by molar-refractivity contribution is 5.85. The SMILES string of the molecule is Cc1nn(-c2cncc(C(=O)O)n2)c(C)c1C. The molecule has 0 aromatic carbocycles. The van der Waals surface area contributed by atoms with Crippen molar-refractivity contribution < 1.29 is 9.90 Å². The van der Waals surface area contributed by atoms with E-state index in [0.29, 0.717) is 5.82 Å². The van der Waals surface area contributed by atoms with E-state index in [9.17, 15) is 4.79 Å². The molecule has 1 N–H and O–H groups in total. The summed E-state index contributed by atoms with van der Waals surface area (Å²) in [7, 11) is 0. The molecule has 2 aromatic rings. The maximum Gasteiger partial charge on any atom is 0.356 e. The fourth-order valence-electron chi connectivity index (χ4n) is 1.50. The zero-order valence-electron chi connectivity index (χ0n) is 9.80. The van der Waals surface area contributed by atoms with Crippen LogP contribution in [-0.4, -0.2) is 30.8 Å². The summed E-state index contributed by atoms with van der Waals surface area (Å²) < 4.78 is 1.60. The summed E-state index contributed by atoms with van der Waals surface area (Å²) in [6, 6.07) is 0. The lowest BCUT2D eigenvalue weighted by atomic mass is 10.2. The van der Waals surface area contributed by atoms with Gasteiger partial charge >= 0.3 is 5.97 Å². The number of aromatic nitrogens is 4. The molecule has 0 saturated carbocycles. The van der Waals surface area contributed by atoms with Crippen LogP contribution in [0.25, 0.3) is 5.82 Å². The summed E-state index contributed by atoms with van der Waals surface area (Å²) in [5.74, 6) is -0.684. The Labute approximate surface area is 98.0 Å². The van der Waals surface area contributed by atoms with Crippen LogP contribution in [0.2, 0.25) is 0 Å². The van der Waals surface area contributed by atoms with E-state index in [0.717, 1.165) is 17.0 Å². The van der Waals surface area contributed by atoms with E-state index in [1.54, 1.807) is 4.68 Å². The lowest BCUT2D eigenvalue weighted by Crippen LogP contribution is -2.08. The van der Waals surface area contributed by atoms with Crippen molar-refractivity contribution in [3.05, 3.63) is 35.0 Å². The van der Waals surface area contributed by atoms with E-state index < -0.39 is 5.97 Å². The number of carboxylic acid groups (broad SMARTS) is 1. The van der Waals surface area contributed by atoms with Gasteiger partial charge in [0.2, 0.25) is 0 Å². The molecule has 6 nitrogen and oxygen atoms in total. The highest BCUT2D eigenvalue weighted by atomic mass is 16.4. The van der Waals surface area contributed by atoms with Crippen LogP contribution in [-0.2, 0) is 0 Å². The third-order valence-corrected chi connectivity index (χ3v) is 2.71. The van der Waals surface area contributed by atoms with Crippen molar-refractivity contribution in [2.24, 2.45) is 0 Å². The van der Waals surface area contributed by atoms with Crippen LogP contribution in [0.1, 0.15) is 27.4 Å². The van der Waals surface area contributed by atoms with Crippen molar-refractivity contribution in [3.63, 3.8) is 0 Å². The predicted octanol–water partition coefficient (Wildman–Crippen LogP) is 1.29. The fourth-order valence-corrected chi connectivity index (χ4v) is 1.50. The fraction of sp³-hybridized carbons (Fsp3) is 0.273. The summed E-state index contributed by atoms with van der Waals surface area (Å²) in [5.41, 5.74) is 2.80. The van der Waals surface area contributed by atoms with Gasteiger partial charge in [-0.1, -0.05) is 0 Å². The van der Waals surface area contributed by atoms with E-state index in [1.165, 1.54) is 12.4 Å². The number of nitrogens with zero attached hydrogens (tertiary/aromatic N) is 4. The minimum absolute atomic E-state index is 0.0901. The van der Waals surface area contributed by atoms with Gasteiger partial charge in [0.1, 0.15) is 0 Å². The molecular formula is C11H12N4O2. The molecule has 2 aromatic heterocycles. The van der Waals surface area contributed by atoms with Gasteiger partial charge in [-0.3, -0.25) is 4.98 Å². The summed E-state index contributed by atoms with van der Waals surface area (Å²) in [6.07, 6.45) is 2.70. The van der Waals surface area contributed by atoms with Gasteiger partial charge in [-0.15, -0.1) is 0 Å². The lowest BCUT2D eigenvalue weighted by molar-refractivity contribution is 0.0690. The minimum atomic E-state index is -1.10. The molecule has 0 bridgehead atoms. The monoisotopic (exact) mass is 232 g/mol. The highest BCUT2D eigenvalue weighted by Gasteiger charge is 2.12. The first-order chi connectivity index (χ1) is 8.00.